The Labute approximate surface area is 157 Å². The Kier molecular flexibility index (Phi) is 4.75. The minimum Gasteiger partial charge on any atom is -0.381 e. The minimum atomic E-state index is 0.380. The fourth-order valence-electron chi connectivity index (χ4n) is 3.36. The summed E-state index contributed by atoms with van der Waals surface area (Å²) in [6, 6.07) is 19.7. The van der Waals surface area contributed by atoms with Crippen LogP contribution in [0.15, 0.2) is 54.6 Å². The molecule has 0 N–H and O–H groups in total. The van der Waals surface area contributed by atoms with Gasteiger partial charge in [0, 0.05) is 29.7 Å². The lowest BCUT2D eigenvalue weighted by atomic mass is 9.96. The van der Waals surface area contributed by atoms with Crippen molar-refractivity contribution >= 4 is 11.6 Å². The number of benzene rings is 2. The second kappa shape index (κ2) is 7.33. The molecule has 26 heavy (non-hydrogen) atoms. The van der Waals surface area contributed by atoms with Gasteiger partial charge >= 0.3 is 0 Å². The normalized spacial score (nSPS) is 14.9. The average Bonchev–Trinajstić information content (AvgIpc) is 3.14. The molecule has 0 bridgehead atoms. The van der Waals surface area contributed by atoms with E-state index in [9.17, 15) is 5.26 Å². The molecule has 130 valence electrons. The number of hydrogen-bond acceptors (Lipinski definition) is 3. The molecule has 0 radical (unpaired) electrons. The van der Waals surface area contributed by atoms with Crippen LogP contribution in [-0.4, -0.2) is 23.0 Å². The highest BCUT2D eigenvalue weighted by atomic mass is 35.5. The van der Waals surface area contributed by atoms with Gasteiger partial charge in [0.2, 0.25) is 0 Å². The third-order valence-corrected chi connectivity index (χ3v) is 5.01. The minimum absolute atomic E-state index is 0.380. The summed E-state index contributed by atoms with van der Waals surface area (Å²) in [7, 11) is 0. The van der Waals surface area contributed by atoms with E-state index < -0.39 is 0 Å². The summed E-state index contributed by atoms with van der Waals surface area (Å²) in [6.07, 6.45) is 1.94. The number of nitriles is 1. The van der Waals surface area contributed by atoms with E-state index in [2.05, 4.69) is 12.1 Å². The standard InChI is InChI=1S/C21H18ClN3O/c22-18-7-5-16(6-8-18)21-13-19(15-9-11-26-12-10-15)24-25(21)20-4-2-1-3-17(20)14-23/h1-8,13,15H,9-12H2. The molecule has 2 heterocycles. The van der Waals surface area contributed by atoms with Gasteiger partial charge in [-0.2, -0.15) is 10.4 Å². The molecule has 0 spiro atoms. The van der Waals surface area contributed by atoms with Crippen molar-refractivity contribution in [3.63, 3.8) is 0 Å². The van der Waals surface area contributed by atoms with Gasteiger partial charge in [-0.05, 0) is 43.2 Å². The quantitative estimate of drug-likeness (QED) is 0.661. The van der Waals surface area contributed by atoms with Crippen molar-refractivity contribution in [1.82, 2.24) is 9.78 Å². The van der Waals surface area contributed by atoms with Gasteiger partial charge in [0.1, 0.15) is 6.07 Å². The number of halogens is 1. The van der Waals surface area contributed by atoms with E-state index >= 15 is 0 Å². The molecule has 1 aliphatic heterocycles. The maximum Gasteiger partial charge on any atom is 0.101 e. The summed E-state index contributed by atoms with van der Waals surface area (Å²) in [5.74, 6) is 0.380. The topological polar surface area (TPSA) is 50.8 Å². The summed E-state index contributed by atoms with van der Waals surface area (Å²) in [5.41, 5.74) is 4.42. The molecule has 1 aliphatic rings. The Bertz CT molecular complexity index is 950. The van der Waals surface area contributed by atoms with Gasteiger partial charge in [0.25, 0.3) is 0 Å². The van der Waals surface area contributed by atoms with Crippen LogP contribution in [0, 0.1) is 11.3 Å². The fourth-order valence-corrected chi connectivity index (χ4v) is 3.48. The first kappa shape index (κ1) is 16.8. The zero-order chi connectivity index (χ0) is 17.9. The van der Waals surface area contributed by atoms with Gasteiger partial charge in [0.05, 0.1) is 22.6 Å². The van der Waals surface area contributed by atoms with E-state index in [0.717, 1.165) is 48.7 Å². The van der Waals surface area contributed by atoms with E-state index in [1.807, 2.05) is 53.2 Å². The summed E-state index contributed by atoms with van der Waals surface area (Å²) in [6.45, 7) is 1.53. The number of rotatable bonds is 3. The van der Waals surface area contributed by atoms with Crippen LogP contribution in [0.5, 0.6) is 0 Å². The summed E-state index contributed by atoms with van der Waals surface area (Å²) >= 11 is 6.05. The lowest BCUT2D eigenvalue weighted by Gasteiger charge is -2.19. The molecule has 0 amide bonds. The van der Waals surface area contributed by atoms with Crippen molar-refractivity contribution in [1.29, 1.82) is 5.26 Å². The number of ether oxygens (including phenoxy) is 1. The van der Waals surface area contributed by atoms with Gasteiger partial charge in [0.15, 0.2) is 0 Å². The Morgan fingerprint density at radius 1 is 1.08 bits per heavy atom. The molecule has 0 atom stereocenters. The van der Waals surface area contributed by atoms with Gasteiger partial charge in [-0.3, -0.25) is 0 Å². The predicted octanol–water partition coefficient (Wildman–Crippen LogP) is 4.96. The molecule has 0 unspecified atom stereocenters. The zero-order valence-electron chi connectivity index (χ0n) is 14.2. The first-order valence-corrected chi connectivity index (χ1v) is 9.07. The van der Waals surface area contributed by atoms with Crippen molar-refractivity contribution in [3.05, 3.63) is 70.9 Å². The van der Waals surface area contributed by atoms with Crippen molar-refractivity contribution in [2.24, 2.45) is 0 Å². The largest absolute Gasteiger partial charge is 0.381 e. The van der Waals surface area contributed by atoms with E-state index in [4.69, 9.17) is 21.4 Å². The Morgan fingerprint density at radius 2 is 1.81 bits per heavy atom. The second-order valence-electron chi connectivity index (χ2n) is 6.39. The molecular weight excluding hydrogens is 346 g/mol. The second-order valence-corrected chi connectivity index (χ2v) is 6.83. The number of aromatic nitrogens is 2. The zero-order valence-corrected chi connectivity index (χ0v) is 15.0. The molecule has 1 fully saturated rings. The molecule has 4 nitrogen and oxygen atoms in total. The van der Waals surface area contributed by atoms with Crippen LogP contribution < -0.4 is 0 Å². The first-order chi connectivity index (χ1) is 12.8. The molecule has 5 heteroatoms. The van der Waals surface area contributed by atoms with Crippen LogP contribution in [0.3, 0.4) is 0 Å². The first-order valence-electron chi connectivity index (χ1n) is 8.69. The molecule has 0 aliphatic carbocycles. The fraction of sp³-hybridized carbons (Fsp3) is 0.238. The van der Waals surface area contributed by atoms with Crippen molar-refractivity contribution in [2.75, 3.05) is 13.2 Å². The Balaban J connectivity index is 1.86. The Hall–Kier alpha value is -2.61. The lowest BCUT2D eigenvalue weighted by Crippen LogP contribution is -2.14. The highest BCUT2D eigenvalue weighted by Gasteiger charge is 2.22. The number of para-hydroxylation sites is 1. The van der Waals surface area contributed by atoms with Gasteiger partial charge in [-0.1, -0.05) is 35.9 Å². The Morgan fingerprint density at radius 3 is 2.54 bits per heavy atom. The van der Waals surface area contributed by atoms with E-state index in [1.54, 1.807) is 0 Å². The highest BCUT2D eigenvalue weighted by Crippen LogP contribution is 2.32. The number of hydrogen-bond donors (Lipinski definition) is 0. The van der Waals surface area contributed by atoms with Crippen LogP contribution in [0.2, 0.25) is 5.02 Å². The molecule has 0 saturated carbocycles. The lowest BCUT2D eigenvalue weighted by molar-refractivity contribution is 0.0844. The van der Waals surface area contributed by atoms with Crippen molar-refractivity contribution in [3.8, 4) is 23.0 Å². The molecule has 1 saturated heterocycles. The summed E-state index contributed by atoms with van der Waals surface area (Å²) < 4.78 is 7.37. The van der Waals surface area contributed by atoms with Gasteiger partial charge < -0.3 is 4.74 Å². The molecule has 2 aromatic carbocycles. The average molecular weight is 364 g/mol. The van der Waals surface area contributed by atoms with E-state index in [1.165, 1.54) is 0 Å². The molecule has 4 rings (SSSR count). The van der Waals surface area contributed by atoms with E-state index in [-0.39, 0.29) is 0 Å². The SMILES string of the molecule is N#Cc1ccccc1-n1nc(C2CCOCC2)cc1-c1ccc(Cl)cc1. The molecule has 3 aromatic rings. The predicted molar refractivity (Wildman–Crippen MR) is 102 cm³/mol. The smallest absolute Gasteiger partial charge is 0.101 e. The molecule has 1 aromatic heterocycles. The van der Waals surface area contributed by atoms with Crippen LogP contribution >= 0.6 is 11.6 Å². The van der Waals surface area contributed by atoms with Crippen molar-refractivity contribution in [2.45, 2.75) is 18.8 Å². The van der Waals surface area contributed by atoms with Crippen LogP contribution in [-0.2, 0) is 4.74 Å². The monoisotopic (exact) mass is 363 g/mol. The number of nitrogens with zero attached hydrogens (tertiary/aromatic N) is 3. The summed E-state index contributed by atoms with van der Waals surface area (Å²) in [4.78, 5) is 0. The third-order valence-electron chi connectivity index (χ3n) is 4.76. The highest BCUT2D eigenvalue weighted by molar-refractivity contribution is 6.30. The molecular formula is C21H18ClN3O. The van der Waals surface area contributed by atoms with Crippen LogP contribution in [0.4, 0.5) is 0 Å². The summed E-state index contributed by atoms with van der Waals surface area (Å²) in [5, 5.41) is 15.1. The maximum absolute atomic E-state index is 9.51. The van der Waals surface area contributed by atoms with E-state index in [0.29, 0.717) is 16.5 Å². The van der Waals surface area contributed by atoms with Crippen LogP contribution in [0.1, 0.15) is 30.0 Å². The van der Waals surface area contributed by atoms with Crippen LogP contribution in [0.25, 0.3) is 16.9 Å². The van der Waals surface area contributed by atoms with Crippen molar-refractivity contribution < 1.29 is 4.74 Å². The van der Waals surface area contributed by atoms with Gasteiger partial charge in [-0.25, -0.2) is 4.68 Å². The third kappa shape index (κ3) is 3.24. The van der Waals surface area contributed by atoms with Gasteiger partial charge in [-0.15, -0.1) is 0 Å². The maximum atomic E-state index is 9.51.